The molecule has 1 saturated carbocycles. The van der Waals surface area contributed by atoms with Crippen LogP contribution in [0.2, 0.25) is 5.02 Å². The molecule has 7 nitrogen and oxygen atoms in total. The lowest BCUT2D eigenvalue weighted by Gasteiger charge is -2.34. The minimum Gasteiger partial charge on any atom is -0.352 e. The summed E-state index contributed by atoms with van der Waals surface area (Å²) in [6, 6.07) is 20.1. The molecule has 224 valence electrons. The first-order valence-corrected chi connectivity index (χ1v) is 16.4. The van der Waals surface area contributed by atoms with Crippen molar-refractivity contribution in [1.82, 2.24) is 10.2 Å². The van der Waals surface area contributed by atoms with E-state index in [9.17, 15) is 18.0 Å². The number of hydrogen-bond acceptors (Lipinski definition) is 4. The van der Waals surface area contributed by atoms with Crippen molar-refractivity contribution in [3.63, 3.8) is 0 Å². The molecule has 0 bridgehead atoms. The van der Waals surface area contributed by atoms with Gasteiger partial charge in [0.05, 0.1) is 10.6 Å². The predicted molar refractivity (Wildman–Crippen MR) is 168 cm³/mol. The first kappa shape index (κ1) is 31.6. The summed E-state index contributed by atoms with van der Waals surface area (Å²) in [7, 11) is -4.10. The first-order chi connectivity index (χ1) is 20.1. The number of hydrogen-bond donors (Lipinski definition) is 1. The second kappa shape index (κ2) is 14.2. The highest BCUT2D eigenvalue weighted by Gasteiger charge is 2.34. The van der Waals surface area contributed by atoms with E-state index in [0.717, 1.165) is 53.1 Å². The molecule has 1 fully saturated rings. The molecule has 0 unspecified atom stereocenters. The smallest absolute Gasteiger partial charge is 0.264 e. The second-order valence-electron chi connectivity index (χ2n) is 11.1. The van der Waals surface area contributed by atoms with E-state index in [-0.39, 0.29) is 23.4 Å². The van der Waals surface area contributed by atoms with Gasteiger partial charge in [-0.2, -0.15) is 0 Å². The number of nitrogens with one attached hydrogen (secondary N) is 1. The van der Waals surface area contributed by atoms with Crippen molar-refractivity contribution in [2.24, 2.45) is 0 Å². The number of aryl methyl sites for hydroxylation is 2. The van der Waals surface area contributed by atoms with Gasteiger partial charge in [-0.15, -0.1) is 0 Å². The van der Waals surface area contributed by atoms with Crippen LogP contribution in [0.25, 0.3) is 0 Å². The van der Waals surface area contributed by atoms with Gasteiger partial charge in [-0.1, -0.05) is 79.7 Å². The van der Waals surface area contributed by atoms with Crippen molar-refractivity contribution in [2.45, 2.75) is 82.8 Å². The highest BCUT2D eigenvalue weighted by atomic mass is 35.5. The molecule has 3 aromatic rings. The van der Waals surface area contributed by atoms with Gasteiger partial charge < -0.3 is 10.2 Å². The van der Waals surface area contributed by atoms with Crippen LogP contribution in [-0.4, -0.2) is 43.8 Å². The minimum atomic E-state index is -4.10. The molecular formula is C33H40ClN3O4S. The zero-order valence-electron chi connectivity index (χ0n) is 24.6. The molecule has 0 radical (unpaired) electrons. The summed E-state index contributed by atoms with van der Waals surface area (Å²) in [6.07, 6.45) is 5.52. The molecule has 3 aromatic carbocycles. The van der Waals surface area contributed by atoms with Gasteiger partial charge in [-0.25, -0.2) is 8.42 Å². The summed E-state index contributed by atoms with van der Waals surface area (Å²) in [4.78, 5) is 29.5. The van der Waals surface area contributed by atoms with Gasteiger partial charge in [-0.05, 0) is 80.6 Å². The summed E-state index contributed by atoms with van der Waals surface area (Å²) in [5, 5.41) is 3.73. The number of rotatable bonds is 11. The normalized spacial score (nSPS) is 14.7. The third-order valence-electron chi connectivity index (χ3n) is 7.78. The SMILES string of the molecule is CC[C@@H](C(=O)NC1CCCCC1)N(Cc1ccc(Cl)cc1)C(=O)CN(c1cccc(C)c1)S(=O)(=O)c1ccc(C)cc1. The number of halogens is 1. The Morgan fingerprint density at radius 3 is 2.21 bits per heavy atom. The predicted octanol–water partition coefficient (Wildman–Crippen LogP) is 6.41. The van der Waals surface area contributed by atoms with Crippen molar-refractivity contribution in [1.29, 1.82) is 0 Å². The Balaban J connectivity index is 1.70. The van der Waals surface area contributed by atoms with Crippen LogP contribution in [0.1, 0.15) is 62.1 Å². The average molecular weight is 610 g/mol. The van der Waals surface area contributed by atoms with Gasteiger partial charge in [0.1, 0.15) is 12.6 Å². The lowest BCUT2D eigenvalue weighted by Crippen LogP contribution is -2.54. The van der Waals surface area contributed by atoms with Gasteiger partial charge in [0, 0.05) is 17.6 Å². The molecule has 1 N–H and O–H groups in total. The van der Waals surface area contributed by atoms with Crippen LogP contribution in [0.5, 0.6) is 0 Å². The van der Waals surface area contributed by atoms with Crippen LogP contribution in [0.3, 0.4) is 0 Å². The molecule has 2 amide bonds. The Morgan fingerprint density at radius 2 is 1.60 bits per heavy atom. The Morgan fingerprint density at radius 1 is 0.929 bits per heavy atom. The molecule has 1 aliphatic rings. The number of carbonyl (C=O) groups is 2. The average Bonchev–Trinajstić information content (AvgIpc) is 2.97. The molecular weight excluding hydrogens is 570 g/mol. The Bertz CT molecular complexity index is 1470. The topological polar surface area (TPSA) is 86.8 Å². The van der Waals surface area contributed by atoms with Gasteiger partial charge in [0.15, 0.2) is 0 Å². The quantitative estimate of drug-likeness (QED) is 0.272. The lowest BCUT2D eigenvalue weighted by atomic mass is 9.95. The van der Waals surface area contributed by atoms with Crippen LogP contribution in [0, 0.1) is 13.8 Å². The molecule has 1 aliphatic carbocycles. The molecule has 0 aromatic heterocycles. The Kier molecular flexibility index (Phi) is 10.7. The molecule has 0 spiro atoms. The molecule has 1 atom stereocenters. The van der Waals surface area contributed by atoms with E-state index in [1.807, 2.05) is 39.0 Å². The third kappa shape index (κ3) is 7.92. The van der Waals surface area contributed by atoms with Crippen molar-refractivity contribution >= 4 is 39.1 Å². The zero-order valence-corrected chi connectivity index (χ0v) is 26.1. The second-order valence-corrected chi connectivity index (χ2v) is 13.4. The fourth-order valence-electron chi connectivity index (χ4n) is 5.40. The van der Waals surface area contributed by atoms with Crippen LogP contribution < -0.4 is 9.62 Å². The van der Waals surface area contributed by atoms with Gasteiger partial charge in [0.2, 0.25) is 11.8 Å². The van der Waals surface area contributed by atoms with Gasteiger partial charge >= 0.3 is 0 Å². The maximum atomic E-state index is 14.2. The van der Waals surface area contributed by atoms with Crippen LogP contribution in [0.4, 0.5) is 5.69 Å². The maximum absolute atomic E-state index is 14.2. The van der Waals surface area contributed by atoms with Crippen LogP contribution in [0.15, 0.2) is 77.7 Å². The molecule has 0 aliphatic heterocycles. The van der Waals surface area contributed by atoms with Crippen molar-refractivity contribution in [3.05, 3.63) is 94.5 Å². The van der Waals surface area contributed by atoms with E-state index >= 15 is 0 Å². The van der Waals surface area contributed by atoms with E-state index in [4.69, 9.17) is 11.6 Å². The largest absolute Gasteiger partial charge is 0.352 e. The number of nitrogens with zero attached hydrogens (tertiary/aromatic N) is 2. The van der Waals surface area contributed by atoms with Crippen LogP contribution in [-0.2, 0) is 26.2 Å². The number of amides is 2. The standard InChI is InChI=1S/C33H40ClN3O4S/c1-4-31(33(39)35-28-10-6-5-7-11-28)36(22-26-15-17-27(34)18-16-26)32(38)23-37(29-12-8-9-25(3)21-29)42(40,41)30-19-13-24(2)14-20-30/h8-9,12-21,28,31H,4-7,10-11,22-23H2,1-3H3,(H,35,39)/t31-/m0/s1. The summed E-state index contributed by atoms with van der Waals surface area (Å²) >= 11 is 6.11. The van der Waals surface area contributed by atoms with E-state index < -0.39 is 28.5 Å². The molecule has 4 rings (SSSR count). The maximum Gasteiger partial charge on any atom is 0.264 e. The highest BCUT2D eigenvalue weighted by Crippen LogP contribution is 2.26. The summed E-state index contributed by atoms with van der Waals surface area (Å²) in [6.45, 7) is 5.31. The van der Waals surface area contributed by atoms with Crippen LogP contribution >= 0.6 is 11.6 Å². The lowest BCUT2D eigenvalue weighted by molar-refractivity contribution is -0.140. The molecule has 9 heteroatoms. The summed E-state index contributed by atoms with van der Waals surface area (Å²) in [5.74, 6) is -0.678. The van der Waals surface area contributed by atoms with Gasteiger partial charge in [0.25, 0.3) is 10.0 Å². The third-order valence-corrected chi connectivity index (χ3v) is 9.82. The fraction of sp³-hybridized carbons (Fsp3) is 0.394. The van der Waals surface area contributed by atoms with Crippen molar-refractivity contribution in [3.8, 4) is 0 Å². The van der Waals surface area contributed by atoms with E-state index in [1.165, 1.54) is 4.90 Å². The number of carbonyl (C=O) groups excluding carboxylic acids is 2. The highest BCUT2D eigenvalue weighted by molar-refractivity contribution is 7.92. The molecule has 0 saturated heterocycles. The molecule has 0 heterocycles. The Hall–Kier alpha value is -3.36. The van der Waals surface area contributed by atoms with E-state index in [1.54, 1.807) is 54.6 Å². The summed E-state index contributed by atoms with van der Waals surface area (Å²) < 4.78 is 29.2. The first-order valence-electron chi connectivity index (χ1n) is 14.6. The number of benzene rings is 3. The monoisotopic (exact) mass is 609 g/mol. The minimum absolute atomic E-state index is 0.0819. The van der Waals surface area contributed by atoms with Crippen molar-refractivity contribution < 1.29 is 18.0 Å². The number of sulfonamides is 1. The number of anilines is 1. The van der Waals surface area contributed by atoms with E-state index in [0.29, 0.717) is 17.1 Å². The Labute approximate surface area is 254 Å². The molecule has 42 heavy (non-hydrogen) atoms. The van der Waals surface area contributed by atoms with Crippen molar-refractivity contribution in [2.75, 3.05) is 10.8 Å². The fourth-order valence-corrected chi connectivity index (χ4v) is 6.93. The zero-order chi connectivity index (χ0) is 30.3. The summed E-state index contributed by atoms with van der Waals surface area (Å²) in [5.41, 5.74) is 2.96. The van der Waals surface area contributed by atoms with Gasteiger partial charge in [-0.3, -0.25) is 13.9 Å². The van der Waals surface area contributed by atoms with E-state index in [2.05, 4.69) is 5.32 Å².